The molecular weight excluding hydrogens is 218 g/mol. The smallest absolute Gasteiger partial charge is 0.128 e. The largest absolute Gasteiger partial charge is 0.496 e. The minimum absolute atomic E-state index is 0.0905. The van der Waals surface area contributed by atoms with E-state index in [2.05, 4.69) is 0 Å². The van der Waals surface area contributed by atoms with Crippen LogP contribution < -0.4 is 15.2 Å². The third-order valence-corrected chi connectivity index (χ3v) is 2.53. The molecule has 1 aromatic carbocycles. The molecule has 1 aromatic rings. The summed E-state index contributed by atoms with van der Waals surface area (Å²) in [5.74, 6) is 1.58. The van der Waals surface area contributed by atoms with Crippen LogP contribution in [0.4, 0.5) is 0 Å². The predicted octanol–water partition coefficient (Wildman–Crippen LogP) is 1.74. The zero-order valence-corrected chi connectivity index (χ0v) is 10.9. The fraction of sp³-hybridized carbons (Fsp3) is 0.538. The third-order valence-electron chi connectivity index (χ3n) is 2.53. The first-order valence-electron chi connectivity index (χ1n) is 5.60. The number of ether oxygens (including phenoxy) is 3. The first-order chi connectivity index (χ1) is 8.12. The number of nitrogens with two attached hydrogens (primary N) is 1. The summed E-state index contributed by atoms with van der Waals surface area (Å²) in [6, 6.07) is 4.00. The molecule has 0 heterocycles. The summed E-state index contributed by atoms with van der Waals surface area (Å²) in [5, 5.41) is 0. The van der Waals surface area contributed by atoms with E-state index in [-0.39, 0.29) is 6.04 Å². The van der Waals surface area contributed by atoms with Crippen molar-refractivity contribution in [3.63, 3.8) is 0 Å². The van der Waals surface area contributed by atoms with Crippen LogP contribution in [0.25, 0.3) is 0 Å². The van der Waals surface area contributed by atoms with Gasteiger partial charge < -0.3 is 19.9 Å². The molecule has 0 radical (unpaired) electrons. The second kappa shape index (κ2) is 6.47. The van der Waals surface area contributed by atoms with E-state index in [1.54, 1.807) is 21.3 Å². The summed E-state index contributed by atoms with van der Waals surface area (Å²) in [6.45, 7) is 2.48. The highest BCUT2D eigenvalue weighted by Gasteiger charge is 2.12. The van der Waals surface area contributed by atoms with Gasteiger partial charge in [0.2, 0.25) is 0 Å². The normalized spacial score (nSPS) is 12.3. The Morgan fingerprint density at radius 2 is 1.65 bits per heavy atom. The van der Waals surface area contributed by atoms with E-state index in [1.165, 1.54) is 0 Å². The van der Waals surface area contributed by atoms with Crippen LogP contribution in [0.3, 0.4) is 0 Å². The van der Waals surface area contributed by atoms with Gasteiger partial charge in [-0.2, -0.15) is 0 Å². The molecule has 1 rings (SSSR count). The number of hydrogen-bond donors (Lipinski definition) is 1. The summed E-state index contributed by atoms with van der Waals surface area (Å²) in [7, 11) is 4.95. The summed E-state index contributed by atoms with van der Waals surface area (Å²) < 4.78 is 15.8. The lowest BCUT2D eigenvalue weighted by molar-refractivity contribution is 0.181. The topological polar surface area (TPSA) is 53.7 Å². The van der Waals surface area contributed by atoms with Crippen molar-refractivity contribution in [3.8, 4) is 11.5 Å². The molecule has 2 N–H and O–H groups in total. The van der Waals surface area contributed by atoms with Gasteiger partial charge in [-0.05, 0) is 25.0 Å². The van der Waals surface area contributed by atoms with Gasteiger partial charge >= 0.3 is 0 Å². The fourth-order valence-electron chi connectivity index (χ4n) is 1.81. The van der Waals surface area contributed by atoms with Crippen LogP contribution in [0.15, 0.2) is 12.1 Å². The highest BCUT2D eigenvalue weighted by Crippen LogP contribution is 2.30. The van der Waals surface area contributed by atoms with Gasteiger partial charge in [-0.25, -0.2) is 0 Å². The van der Waals surface area contributed by atoms with E-state index in [1.807, 2.05) is 19.1 Å². The number of rotatable bonds is 6. The molecule has 0 saturated carbocycles. The molecule has 0 amide bonds. The van der Waals surface area contributed by atoms with Crippen LogP contribution in [0.2, 0.25) is 0 Å². The highest BCUT2D eigenvalue weighted by atomic mass is 16.5. The van der Waals surface area contributed by atoms with E-state index >= 15 is 0 Å². The summed E-state index contributed by atoms with van der Waals surface area (Å²) in [4.78, 5) is 0. The number of hydrogen-bond acceptors (Lipinski definition) is 4. The SMILES string of the molecule is COCc1cc(CC(C)N)c(OC)cc1OC. The molecule has 17 heavy (non-hydrogen) atoms. The number of methoxy groups -OCH3 is 3. The Kier molecular flexibility index (Phi) is 5.25. The maximum Gasteiger partial charge on any atom is 0.128 e. The van der Waals surface area contributed by atoms with Crippen molar-refractivity contribution in [2.24, 2.45) is 5.73 Å². The van der Waals surface area contributed by atoms with Gasteiger partial charge in [0, 0.05) is 24.8 Å². The van der Waals surface area contributed by atoms with Crippen LogP contribution in [0, 0.1) is 0 Å². The quantitative estimate of drug-likeness (QED) is 0.821. The monoisotopic (exact) mass is 239 g/mol. The van der Waals surface area contributed by atoms with E-state index < -0.39 is 0 Å². The molecule has 96 valence electrons. The van der Waals surface area contributed by atoms with Gasteiger partial charge in [0.05, 0.1) is 20.8 Å². The van der Waals surface area contributed by atoms with Crippen molar-refractivity contribution in [2.75, 3.05) is 21.3 Å². The summed E-state index contributed by atoms with van der Waals surface area (Å²) >= 11 is 0. The van der Waals surface area contributed by atoms with Crippen molar-refractivity contribution in [1.82, 2.24) is 0 Å². The molecule has 0 aliphatic carbocycles. The van der Waals surface area contributed by atoms with Crippen LogP contribution in [0.5, 0.6) is 11.5 Å². The van der Waals surface area contributed by atoms with Crippen LogP contribution >= 0.6 is 0 Å². The first-order valence-corrected chi connectivity index (χ1v) is 5.60. The third kappa shape index (κ3) is 3.61. The second-order valence-electron chi connectivity index (χ2n) is 4.09. The Balaban J connectivity index is 3.13. The maximum absolute atomic E-state index is 5.82. The van der Waals surface area contributed by atoms with E-state index in [0.717, 1.165) is 29.0 Å². The van der Waals surface area contributed by atoms with Gasteiger partial charge in [0.15, 0.2) is 0 Å². The lowest BCUT2D eigenvalue weighted by atomic mass is 10.0. The molecule has 0 aromatic heterocycles. The molecule has 0 bridgehead atoms. The zero-order chi connectivity index (χ0) is 12.8. The average Bonchev–Trinajstić information content (AvgIpc) is 2.29. The summed E-state index contributed by atoms with van der Waals surface area (Å²) in [6.07, 6.45) is 0.768. The van der Waals surface area contributed by atoms with Gasteiger partial charge in [0.1, 0.15) is 11.5 Å². The second-order valence-corrected chi connectivity index (χ2v) is 4.09. The number of benzene rings is 1. The lowest BCUT2D eigenvalue weighted by Gasteiger charge is -2.15. The van der Waals surface area contributed by atoms with Crippen molar-refractivity contribution in [1.29, 1.82) is 0 Å². The Hall–Kier alpha value is -1.26. The van der Waals surface area contributed by atoms with Crippen molar-refractivity contribution in [3.05, 3.63) is 23.3 Å². The first kappa shape index (κ1) is 13.8. The molecule has 0 aliphatic heterocycles. The summed E-state index contributed by atoms with van der Waals surface area (Å²) in [5.41, 5.74) is 7.91. The molecule has 1 atom stereocenters. The molecule has 4 heteroatoms. The molecule has 1 unspecified atom stereocenters. The van der Waals surface area contributed by atoms with E-state index in [9.17, 15) is 0 Å². The van der Waals surface area contributed by atoms with Gasteiger partial charge in [-0.1, -0.05) is 0 Å². The van der Waals surface area contributed by atoms with Crippen LogP contribution in [-0.2, 0) is 17.8 Å². The Morgan fingerprint density at radius 1 is 1.06 bits per heavy atom. The van der Waals surface area contributed by atoms with Crippen LogP contribution in [-0.4, -0.2) is 27.4 Å². The fourth-order valence-corrected chi connectivity index (χ4v) is 1.81. The van der Waals surface area contributed by atoms with Crippen molar-refractivity contribution in [2.45, 2.75) is 26.0 Å². The average molecular weight is 239 g/mol. The van der Waals surface area contributed by atoms with Gasteiger partial charge in [-0.3, -0.25) is 0 Å². The Morgan fingerprint density at radius 3 is 2.12 bits per heavy atom. The van der Waals surface area contributed by atoms with Gasteiger partial charge in [-0.15, -0.1) is 0 Å². The molecule has 0 saturated heterocycles. The zero-order valence-electron chi connectivity index (χ0n) is 10.9. The van der Waals surface area contributed by atoms with Crippen molar-refractivity contribution >= 4 is 0 Å². The standard InChI is InChI=1S/C13H21NO3/c1-9(14)5-10-6-11(8-15-2)13(17-4)7-12(10)16-3/h6-7,9H,5,8,14H2,1-4H3. The van der Waals surface area contributed by atoms with Gasteiger partial charge in [0.25, 0.3) is 0 Å². The molecule has 4 nitrogen and oxygen atoms in total. The molecule has 0 aliphatic rings. The molecule has 0 spiro atoms. The van der Waals surface area contributed by atoms with Crippen molar-refractivity contribution < 1.29 is 14.2 Å². The van der Waals surface area contributed by atoms with E-state index in [4.69, 9.17) is 19.9 Å². The lowest BCUT2D eigenvalue weighted by Crippen LogP contribution is -2.18. The predicted molar refractivity (Wildman–Crippen MR) is 67.6 cm³/mol. The highest BCUT2D eigenvalue weighted by molar-refractivity contribution is 5.46. The van der Waals surface area contributed by atoms with Crippen LogP contribution in [0.1, 0.15) is 18.1 Å². The maximum atomic E-state index is 5.82. The van der Waals surface area contributed by atoms with E-state index in [0.29, 0.717) is 6.61 Å². The minimum Gasteiger partial charge on any atom is -0.496 e. The minimum atomic E-state index is 0.0905. The molecular formula is C13H21NO3. The molecule has 0 fully saturated rings. The Labute approximate surface area is 103 Å². The Bertz CT molecular complexity index is 364.